The molecule has 5 heterocycles. The average molecular weight is 514 g/mol. The predicted molar refractivity (Wildman–Crippen MR) is 124 cm³/mol. The molecule has 0 aliphatic carbocycles. The third-order valence-electron chi connectivity index (χ3n) is 5.86. The molecule has 13 heteroatoms. The van der Waals surface area contributed by atoms with Gasteiger partial charge in [0.2, 0.25) is 5.95 Å². The van der Waals surface area contributed by atoms with Crippen LogP contribution in [0.15, 0.2) is 61.2 Å². The number of alkyl halides is 5. The maximum Gasteiger partial charge on any atom is 0.433 e. The van der Waals surface area contributed by atoms with Gasteiger partial charge < -0.3 is 5.73 Å². The molecule has 0 radical (unpaired) electrons. The van der Waals surface area contributed by atoms with Crippen molar-refractivity contribution in [3.63, 3.8) is 0 Å². The SMILES string of the molecule is CCC(c1ccc(C(F)F)nc1)n1cc(-c2cc(-c3ccc(C(F)(F)F)nc3)n3nc(N)nc3c2)cn1. The maximum atomic E-state index is 13.0. The monoisotopic (exact) mass is 514 g/mol. The molecule has 0 saturated heterocycles. The van der Waals surface area contributed by atoms with Gasteiger partial charge in [-0.2, -0.15) is 23.3 Å². The van der Waals surface area contributed by atoms with E-state index in [1.807, 2.05) is 6.92 Å². The lowest BCUT2D eigenvalue weighted by Gasteiger charge is -2.16. The topological polar surface area (TPSA) is 99.8 Å². The number of anilines is 1. The van der Waals surface area contributed by atoms with E-state index in [1.54, 1.807) is 35.3 Å². The molecule has 0 bridgehead atoms. The van der Waals surface area contributed by atoms with Crippen LogP contribution in [0, 0.1) is 0 Å². The molecule has 0 aliphatic rings. The minimum Gasteiger partial charge on any atom is -0.366 e. The highest BCUT2D eigenvalue weighted by molar-refractivity contribution is 5.74. The molecule has 2 N–H and O–H groups in total. The first-order valence-electron chi connectivity index (χ1n) is 11.1. The van der Waals surface area contributed by atoms with Gasteiger partial charge in [0.25, 0.3) is 6.43 Å². The molecule has 5 aromatic heterocycles. The Labute approximate surface area is 206 Å². The van der Waals surface area contributed by atoms with Crippen LogP contribution < -0.4 is 5.73 Å². The first kappa shape index (κ1) is 24.3. The summed E-state index contributed by atoms with van der Waals surface area (Å²) in [4.78, 5) is 11.6. The lowest BCUT2D eigenvalue weighted by atomic mass is 10.1. The molecule has 0 amide bonds. The highest BCUT2D eigenvalue weighted by Gasteiger charge is 2.32. The quantitative estimate of drug-likeness (QED) is 0.297. The second-order valence-electron chi connectivity index (χ2n) is 8.25. The van der Waals surface area contributed by atoms with Crippen LogP contribution in [0.5, 0.6) is 0 Å². The van der Waals surface area contributed by atoms with Crippen molar-refractivity contribution in [2.75, 3.05) is 5.73 Å². The average Bonchev–Trinajstić information content (AvgIpc) is 3.50. The van der Waals surface area contributed by atoms with Crippen molar-refractivity contribution >= 4 is 11.6 Å². The largest absolute Gasteiger partial charge is 0.433 e. The zero-order valence-electron chi connectivity index (χ0n) is 19.2. The number of halogens is 5. The highest BCUT2D eigenvalue weighted by Crippen LogP contribution is 2.32. The van der Waals surface area contributed by atoms with E-state index >= 15 is 0 Å². The van der Waals surface area contributed by atoms with Gasteiger partial charge in [-0.3, -0.25) is 14.6 Å². The Morgan fingerprint density at radius 3 is 2.38 bits per heavy atom. The summed E-state index contributed by atoms with van der Waals surface area (Å²) in [6, 6.07) is 8.30. The van der Waals surface area contributed by atoms with Crippen LogP contribution in [0.1, 0.15) is 42.8 Å². The Kier molecular flexibility index (Phi) is 6.05. The lowest BCUT2D eigenvalue weighted by Crippen LogP contribution is -2.10. The minimum absolute atomic E-state index is 0.000224. The number of nitrogens with zero attached hydrogens (tertiary/aromatic N) is 7. The van der Waals surface area contributed by atoms with Gasteiger partial charge in [0.05, 0.1) is 17.9 Å². The number of nitrogen functional groups attached to an aromatic ring is 1. The molecule has 1 atom stereocenters. The van der Waals surface area contributed by atoms with Crippen LogP contribution >= 0.6 is 0 Å². The van der Waals surface area contributed by atoms with Crippen LogP contribution in [0.3, 0.4) is 0 Å². The van der Waals surface area contributed by atoms with Crippen molar-refractivity contribution < 1.29 is 22.0 Å². The zero-order chi connectivity index (χ0) is 26.3. The summed E-state index contributed by atoms with van der Waals surface area (Å²) in [5, 5.41) is 8.61. The number of rotatable bonds is 6. The van der Waals surface area contributed by atoms with Crippen molar-refractivity contribution in [1.29, 1.82) is 0 Å². The number of aromatic nitrogens is 7. The molecule has 0 aliphatic heterocycles. The molecule has 1 unspecified atom stereocenters. The van der Waals surface area contributed by atoms with E-state index in [1.165, 1.54) is 22.8 Å². The molecule has 0 spiro atoms. The van der Waals surface area contributed by atoms with E-state index < -0.39 is 18.3 Å². The molecule has 0 fully saturated rings. The first-order chi connectivity index (χ1) is 17.6. The Morgan fingerprint density at radius 2 is 1.76 bits per heavy atom. The Morgan fingerprint density at radius 1 is 0.946 bits per heavy atom. The van der Waals surface area contributed by atoms with E-state index in [9.17, 15) is 22.0 Å². The standard InChI is InChI=1S/C24H19F5N8/c1-2-18(13-3-5-17(22(25)26)31-9-13)36-12-16(11-33-36)15-7-19(37-21(8-15)34-23(30)35-37)14-4-6-20(32-10-14)24(27,28)29/h3-12,18,22H,2H2,1H3,(H2,30,35). The van der Waals surface area contributed by atoms with Crippen LogP contribution in [-0.2, 0) is 6.18 Å². The third-order valence-corrected chi connectivity index (χ3v) is 5.86. The third kappa shape index (κ3) is 4.71. The smallest absolute Gasteiger partial charge is 0.366 e. The summed E-state index contributed by atoms with van der Waals surface area (Å²) in [5.74, 6) is -0.000224. The van der Waals surface area contributed by atoms with Gasteiger partial charge in [0.1, 0.15) is 11.4 Å². The van der Waals surface area contributed by atoms with Crippen molar-refractivity contribution in [2.45, 2.75) is 32.0 Å². The van der Waals surface area contributed by atoms with E-state index in [2.05, 4.69) is 25.1 Å². The van der Waals surface area contributed by atoms with Crippen molar-refractivity contribution in [1.82, 2.24) is 34.3 Å². The van der Waals surface area contributed by atoms with Crippen molar-refractivity contribution in [3.8, 4) is 22.4 Å². The Bertz CT molecular complexity index is 1540. The summed E-state index contributed by atoms with van der Waals surface area (Å²) in [6.07, 6.45) is -0.643. The number of pyridine rings is 3. The lowest BCUT2D eigenvalue weighted by molar-refractivity contribution is -0.141. The molecule has 190 valence electrons. The van der Waals surface area contributed by atoms with E-state index in [-0.39, 0.29) is 17.7 Å². The van der Waals surface area contributed by atoms with Crippen LogP contribution in [-0.4, -0.2) is 34.3 Å². The fourth-order valence-corrected chi connectivity index (χ4v) is 4.06. The van der Waals surface area contributed by atoms with E-state index in [0.29, 0.717) is 34.5 Å². The second kappa shape index (κ2) is 9.22. The van der Waals surface area contributed by atoms with Gasteiger partial charge in [-0.1, -0.05) is 13.0 Å². The van der Waals surface area contributed by atoms with Crippen LogP contribution in [0.2, 0.25) is 0 Å². The molecule has 5 rings (SSSR count). The van der Waals surface area contributed by atoms with E-state index in [4.69, 9.17) is 5.73 Å². The van der Waals surface area contributed by atoms with Gasteiger partial charge >= 0.3 is 6.18 Å². The summed E-state index contributed by atoms with van der Waals surface area (Å²) in [7, 11) is 0. The first-order valence-corrected chi connectivity index (χ1v) is 11.1. The van der Waals surface area contributed by atoms with Gasteiger partial charge in [0.15, 0.2) is 5.65 Å². The summed E-state index contributed by atoms with van der Waals surface area (Å²) in [5.41, 5.74) is 7.76. The molecule has 0 saturated carbocycles. The molecule has 5 aromatic rings. The fraction of sp³-hybridized carbons (Fsp3) is 0.208. The number of hydrogen-bond donors (Lipinski definition) is 1. The summed E-state index contributed by atoms with van der Waals surface area (Å²) < 4.78 is 67.9. The van der Waals surface area contributed by atoms with Gasteiger partial charge in [0, 0.05) is 29.7 Å². The molecule has 37 heavy (non-hydrogen) atoms. The Balaban J connectivity index is 1.54. The van der Waals surface area contributed by atoms with Crippen molar-refractivity contribution in [2.24, 2.45) is 0 Å². The predicted octanol–water partition coefficient (Wildman–Crippen LogP) is 5.59. The van der Waals surface area contributed by atoms with Gasteiger partial charge in [-0.05, 0) is 47.9 Å². The number of fused-ring (bicyclic) bond motifs is 1. The summed E-state index contributed by atoms with van der Waals surface area (Å²) >= 11 is 0. The van der Waals surface area contributed by atoms with Gasteiger partial charge in [-0.25, -0.2) is 13.3 Å². The molecular formula is C24H19F5N8. The molecule has 0 aromatic carbocycles. The van der Waals surface area contributed by atoms with E-state index in [0.717, 1.165) is 17.8 Å². The zero-order valence-corrected chi connectivity index (χ0v) is 19.2. The minimum atomic E-state index is -4.56. The summed E-state index contributed by atoms with van der Waals surface area (Å²) in [6.45, 7) is 1.94. The fourth-order valence-electron chi connectivity index (χ4n) is 4.06. The highest BCUT2D eigenvalue weighted by atomic mass is 19.4. The van der Waals surface area contributed by atoms with Gasteiger partial charge in [-0.15, -0.1) is 5.10 Å². The molecular weight excluding hydrogens is 495 g/mol. The normalized spacial score (nSPS) is 12.9. The maximum absolute atomic E-state index is 13.0. The molecule has 8 nitrogen and oxygen atoms in total. The van der Waals surface area contributed by atoms with Crippen LogP contribution in [0.4, 0.5) is 27.9 Å². The van der Waals surface area contributed by atoms with Crippen LogP contribution in [0.25, 0.3) is 28.0 Å². The number of hydrogen-bond acceptors (Lipinski definition) is 6. The van der Waals surface area contributed by atoms with Crippen molar-refractivity contribution in [3.05, 3.63) is 78.1 Å². The number of nitrogens with two attached hydrogens (primary N) is 1. The second-order valence-corrected chi connectivity index (χ2v) is 8.25. The Hall–Kier alpha value is -4.42.